The number of hydrogen-bond donors (Lipinski definition) is 10. The normalized spacial score (nSPS) is 32.1. The lowest BCUT2D eigenvalue weighted by Gasteiger charge is -2.48. The van der Waals surface area contributed by atoms with Gasteiger partial charge in [-0.25, -0.2) is 57.4 Å². The number of carbonyl (C=O) groups excluding carboxylic acids is 5. The molecular formula is C50H79N3O48S7. The summed E-state index contributed by atoms with van der Waals surface area (Å²) in [6, 6.07) is -1.30. The fraction of sp³-hybridized carbons (Fsp3) is 0.840. The average molecular weight is 1710 g/mol. The highest BCUT2D eigenvalue weighted by Gasteiger charge is 2.58. The van der Waals surface area contributed by atoms with Crippen LogP contribution in [-0.4, -0.2) is 362 Å². The number of aliphatic carboxylic acids is 3. The number of nitrogens with one attached hydrogen (secondary N) is 3. The Labute approximate surface area is 622 Å². The standard InChI is InChI=1S/C50H79N3O48S7/c1-20-22(43(65)51-9-11-102-103-12-10-52-44(66)40-39(80-4)32(63)33(64)46(94-40)93-38-30(53-21(2)55)45(81-5)91-24(14-54)31(38)62)13-23(37(98-107(75,76)88-18-28(58)59)34(20)97-106(73,74)87-17-27(56)57)90-41-36(96-50(68)101-105(71,72)84-8)26(16-85-47(41)82-6)92-48-42(99-108(77,78)89-19-29(60)61)35(25(79-3)15-86-48)95-49(67)100-104(69,70)83-7/h20,22-26,30-42,45-48,54,62-64H,9-19H2,1-8H3,(H,51,65)(H,52,66)(H,53,55)(H,56,57)(H,58,59)(H,60,61). The van der Waals surface area contributed by atoms with E-state index in [1.165, 1.54) is 7.11 Å². The quantitative estimate of drug-likeness (QED) is 0.0154. The third-order valence-corrected chi connectivity index (χ3v) is 21.9. The first kappa shape index (κ1) is 93.5. The first-order valence-electron chi connectivity index (χ1n) is 30.6. The van der Waals surface area contributed by atoms with Crippen LogP contribution in [0.2, 0.25) is 0 Å². The maximum absolute atomic E-state index is 14.5. The summed E-state index contributed by atoms with van der Waals surface area (Å²) in [5, 5.41) is 78.5. The number of carbonyl (C=O) groups is 8. The molecule has 51 nitrogen and oxygen atoms in total. The summed E-state index contributed by atoms with van der Waals surface area (Å²) in [7, 11) is -20.7. The Morgan fingerprint density at radius 2 is 0.963 bits per heavy atom. The molecule has 4 saturated heterocycles. The van der Waals surface area contributed by atoms with E-state index in [2.05, 4.69) is 45.2 Å². The van der Waals surface area contributed by atoms with Gasteiger partial charge in [-0.1, -0.05) is 28.5 Å². The zero-order valence-corrected chi connectivity index (χ0v) is 63.0. The van der Waals surface area contributed by atoms with E-state index in [4.69, 9.17) is 74.1 Å². The first-order valence-corrected chi connectivity index (χ1v) is 39.8. The monoisotopic (exact) mass is 1710 g/mol. The molecule has 108 heavy (non-hydrogen) atoms. The summed E-state index contributed by atoms with van der Waals surface area (Å²) in [6.07, 6.45) is -46.6. The van der Waals surface area contributed by atoms with Crippen molar-refractivity contribution in [1.82, 2.24) is 16.0 Å². The SMILES string of the molecule is COC1COC(OC2COC(OC)C(OC3CC(C(=O)NCCSSCCNC(=O)C4OC(OC5C(O)C(CO)OC(OC)C5NC(C)=O)C(O)C(O)C4OC)C(C)C(OS(=O)(=O)OCC(=O)O)C3OS(=O)(=O)OCC(=O)O)C2OC(=O)OS(=O)(=O)OC)C(OS(=O)(=O)OCC(=O)O)C1OC(=O)OS(=O)(=O)OC. The van der Waals surface area contributed by atoms with Gasteiger partial charge in [0.25, 0.3) is 5.91 Å². The van der Waals surface area contributed by atoms with Crippen LogP contribution >= 0.6 is 21.6 Å². The molecule has 5 fully saturated rings. The number of hydrogen-bond acceptors (Lipinski definition) is 47. The van der Waals surface area contributed by atoms with Crippen LogP contribution < -0.4 is 16.0 Å². The summed E-state index contributed by atoms with van der Waals surface area (Å²) in [4.78, 5) is 101. The third kappa shape index (κ3) is 27.6. The van der Waals surface area contributed by atoms with E-state index in [1.807, 2.05) is 0 Å². The Balaban J connectivity index is 1.47. The summed E-state index contributed by atoms with van der Waals surface area (Å²) < 4.78 is 248. The fourth-order valence-corrected chi connectivity index (χ4v) is 15.4. The fourth-order valence-electron chi connectivity index (χ4n) is 10.6. The predicted molar refractivity (Wildman–Crippen MR) is 338 cm³/mol. The van der Waals surface area contributed by atoms with Gasteiger partial charge in [-0.2, -0.15) is 42.1 Å². The van der Waals surface area contributed by atoms with Gasteiger partial charge in [0, 0.05) is 65.9 Å². The first-order chi connectivity index (χ1) is 50.5. The van der Waals surface area contributed by atoms with E-state index in [-0.39, 0.29) is 24.6 Å². The molecule has 0 spiro atoms. The number of rotatable bonds is 42. The summed E-state index contributed by atoms with van der Waals surface area (Å²) in [5.74, 6) is -11.9. The molecular weight excluding hydrogens is 1630 g/mol. The second-order valence-corrected chi connectivity index (χ2v) is 31.5. The van der Waals surface area contributed by atoms with Crippen molar-refractivity contribution in [3.05, 3.63) is 0 Å². The topological polar surface area (TPSA) is 697 Å². The lowest BCUT2D eigenvalue weighted by molar-refractivity contribution is -0.338. The maximum Gasteiger partial charge on any atom is 0.526 e. The van der Waals surface area contributed by atoms with Crippen molar-refractivity contribution >= 4 is 122 Å². The van der Waals surface area contributed by atoms with E-state index in [0.29, 0.717) is 14.2 Å². The number of ether oxygens (including phenoxy) is 13. The van der Waals surface area contributed by atoms with Gasteiger partial charge in [-0.3, -0.25) is 22.7 Å². The smallest absolute Gasteiger partial charge is 0.479 e. The van der Waals surface area contributed by atoms with Crippen LogP contribution in [0.15, 0.2) is 0 Å². The number of aliphatic hydroxyl groups is 4. The number of methoxy groups -OCH3 is 4. The molecule has 4 heterocycles. The minimum absolute atomic E-state index is 0.0201. The van der Waals surface area contributed by atoms with Gasteiger partial charge in [0.1, 0.15) is 73.2 Å². The van der Waals surface area contributed by atoms with Gasteiger partial charge in [-0.05, 0) is 12.3 Å². The van der Waals surface area contributed by atoms with Crippen molar-refractivity contribution in [2.24, 2.45) is 11.8 Å². The largest absolute Gasteiger partial charge is 0.526 e. The third-order valence-electron chi connectivity index (χ3n) is 15.4. The Morgan fingerprint density at radius 1 is 0.481 bits per heavy atom. The van der Waals surface area contributed by atoms with Crippen LogP contribution in [0.5, 0.6) is 0 Å². The molecule has 4 aliphatic heterocycles. The Morgan fingerprint density at radius 3 is 1.44 bits per heavy atom. The van der Waals surface area contributed by atoms with Gasteiger partial charge in [0.05, 0.1) is 40.1 Å². The van der Waals surface area contributed by atoms with Crippen LogP contribution in [-0.2, 0) is 184 Å². The summed E-state index contributed by atoms with van der Waals surface area (Å²) in [6.45, 7) is -6.12. The molecule has 1 saturated carbocycles. The minimum Gasteiger partial charge on any atom is -0.479 e. The molecule has 0 aromatic rings. The van der Waals surface area contributed by atoms with Crippen LogP contribution in [0, 0.1) is 11.8 Å². The number of carboxylic acid groups (broad SMARTS) is 3. The van der Waals surface area contributed by atoms with Crippen LogP contribution in [0.25, 0.3) is 0 Å². The van der Waals surface area contributed by atoms with Crippen molar-refractivity contribution in [3.8, 4) is 0 Å². The molecule has 0 aromatic carbocycles. The second-order valence-electron chi connectivity index (χ2n) is 22.4. The van der Waals surface area contributed by atoms with Crippen molar-refractivity contribution < 1.29 is 220 Å². The molecule has 5 aliphatic rings. The van der Waals surface area contributed by atoms with Gasteiger partial charge >= 0.3 is 82.2 Å². The lowest BCUT2D eigenvalue weighted by Crippen LogP contribution is -2.68. The van der Waals surface area contributed by atoms with E-state index in [0.717, 1.165) is 56.8 Å². The second kappa shape index (κ2) is 42.1. The van der Waals surface area contributed by atoms with Gasteiger partial charge < -0.3 is 113 Å². The molecule has 10 N–H and O–H groups in total. The molecule has 0 radical (unpaired) electrons. The van der Waals surface area contributed by atoms with Crippen molar-refractivity contribution in [2.45, 2.75) is 149 Å². The zero-order valence-electron chi connectivity index (χ0n) is 57.3. The minimum atomic E-state index is -5.82. The van der Waals surface area contributed by atoms with Crippen molar-refractivity contribution in [3.63, 3.8) is 0 Å². The molecule has 58 heteroatoms. The van der Waals surface area contributed by atoms with Crippen LogP contribution in [0.4, 0.5) is 9.59 Å². The zero-order chi connectivity index (χ0) is 81.0. The number of amides is 3. The van der Waals surface area contributed by atoms with E-state index in [1.54, 1.807) is 0 Å². The molecule has 23 atom stereocenters. The molecule has 0 bridgehead atoms. The summed E-state index contributed by atoms with van der Waals surface area (Å²) in [5.41, 5.74) is 0. The van der Waals surface area contributed by atoms with Gasteiger partial charge in [-0.15, -0.1) is 0 Å². The molecule has 23 unspecified atom stereocenters. The van der Waals surface area contributed by atoms with E-state index < -0.39 is 287 Å². The van der Waals surface area contributed by atoms with E-state index >= 15 is 0 Å². The van der Waals surface area contributed by atoms with E-state index in [9.17, 15) is 116 Å². The molecule has 0 aromatic heterocycles. The lowest BCUT2D eigenvalue weighted by atomic mass is 9.74. The summed E-state index contributed by atoms with van der Waals surface area (Å²) >= 11 is 0. The van der Waals surface area contributed by atoms with Crippen LogP contribution in [0.1, 0.15) is 20.3 Å². The Kier molecular flexibility index (Phi) is 36.5. The maximum atomic E-state index is 14.5. The average Bonchev–Trinajstić information content (AvgIpc) is 0.927. The van der Waals surface area contributed by atoms with Crippen LogP contribution in [0.3, 0.4) is 0 Å². The van der Waals surface area contributed by atoms with Crippen molar-refractivity contribution in [2.75, 3.05) is 107 Å². The highest BCUT2D eigenvalue weighted by atomic mass is 33.1. The molecule has 5 rings (SSSR count). The molecule has 3 amide bonds. The predicted octanol–water partition coefficient (Wildman–Crippen LogP) is -8.14. The molecule has 1 aliphatic carbocycles. The van der Waals surface area contributed by atoms with Gasteiger partial charge in [0.15, 0.2) is 69.4 Å². The number of carboxylic acids is 3. The van der Waals surface area contributed by atoms with Crippen molar-refractivity contribution in [1.29, 1.82) is 0 Å². The highest BCUT2D eigenvalue weighted by molar-refractivity contribution is 8.76. The Hall–Kier alpha value is -5.11. The highest BCUT2D eigenvalue weighted by Crippen LogP contribution is 2.41. The Bertz CT molecular complexity index is 3620. The molecule has 624 valence electrons. The number of aliphatic hydroxyl groups excluding tert-OH is 4. The van der Waals surface area contributed by atoms with Gasteiger partial charge in [0.2, 0.25) is 11.8 Å².